The fraction of sp³-hybridized carbons (Fsp3) is 0.300. The number of ether oxygens (including phenoxy) is 2. The molecule has 0 atom stereocenters. The van der Waals surface area contributed by atoms with Crippen LogP contribution in [0.25, 0.3) is 11.1 Å². The summed E-state index contributed by atoms with van der Waals surface area (Å²) in [5.74, 6) is -1.29. The number of carbonyl (C=O) groups excluding carboxylic acids is 1. The van der Waals surface area contributed by atoms with Crippen LogP contribution in [0.1, 0.15) is 36.7 Å². The van der Waals surface area contributed by atoms with Crippen molar-refractivity contribution in [3.8, 4) is 16.9 Å². The quantitative estimate of drug-likeness (QED) is 0.817. The van der Waals surface area contributed by atoms with Gasteiger partial charge in [0.15, 0.2) is 0 Å². The lowest BCUT2D eigenvalue weighted by Crippen LogP contribution is -2.32. The molecule has 7 heteroatoms. The number of hydrogen-bond donors (Lipinski definition) is 2. The first-order chi connectivity index (χ1) is 12.6. The summed E-state index contributed by atoms with van der Waals surface area (Å²) in [7, 11) is 1.41. The fourth-order valence-electron chi connectivity index (χ4n) is 2.46. The summed E-state index contributed by atoms with van der Waals surface area (Å²) in [6, 6.07) is 8.64. The topological polar surface area (TPSA) is 84.9 Å². The Balaban J connectivity index is 2.35. The first-order valence-electron chi connectivity index (χ1n) is 8.27. The molecule has 27 heavy (non-hydrogen) atoms. The fourth-order valence-corrected chi connectivity index (χ4v) is 2.46. The number of carboxylic acid groups (broad SMARTS) is 1. The second-order valence-corrected chi connectivity index (χ2v) is 6.92. The Morgan fingerprint density at radius 1 is 1.15 bits per heavy atom. The van der Waals surface area contributed by atoms with Gasteiger partial charge in [-0.05, 0) is 62.2 Å². The Bertz CT molecular complexity index is 858. The molecule has 0 aliphatic heterocycles. The van der Waals surface area contributed by atoms with Crippen molar-refractivity contribution in [3.63, 3.8) is 0 Å². The molecule has 2 aromatic carbocycles. The minimum absolute atomic E-state index is 0.0415. The van der Waals surface area contributed by atoms with E-state index in [1.165, 1.54) is 37.4 Å². The van der Waals surface area contributed by atoms with E-state index in [4.69, 9.17) is 9.47 Å². The van der Waals surface area contributed by atoms with Gasteiger partial charge in [0.05, 0.1) is 12.7 Å². The number of hydrogen-bond acceptors (Lipinski definition) is 4. The molecule has 0 radical (unpaired) electrons. The molecule has 2 aromatic rings. The molecule has 2 rings (SSSR count). The number of halogens is 1. The van der Waals surface area contributed by atoms with Crippen LogP contribution in [0.5, 0.6) is 5.75 Å². The lowest BCUT2D eigenvalue weighted by molar-refractivity contribution is 0.0523. The van der Waals surface area contributed by atoms with E-state index in [2.05, 4.69) is 5.32 Å². The minimum Gasteiger partial charge on any atom is -0.496 e. The molecule has 0 saturated heterocycles. The lowest BCUT2D eigenvalue weighted by atomic mass is 9.98. The van der Waals surface area contributed by atoms with Crippen molar-refractivity contribution in [3.05, 3.63) is 53.3 Å². The molecule has 0 fully saturated rings. The maximum absolute atomic E-state index is 13.4. The molecule has 144 valence electrons. The van der Waals surface area contributed by atoms with Crippen LogP contribution < -0.4 is 10.1 Å². The summed E-state index contributed by atoms with van der Waals surface area (Å²) in [6.07, 6.45) is -0.607. The second-order valence-electron chi connectivity index (χ2n) is 6.92. The van der Waals surface area contributed by atoms with Crippen molar-refractivity contribution in [1.29, 1.82) is 0 Å². The number of carbonyl (C=O) groups is 2. The van der Waals surface area contributed by atoms with Crippen LogP contribution in [0.3, 0.4) is 0 Å². The Kier molecular flexibility index (Phi) is 6.05. The van der Waals surface area contributed by atoms with Gasteiger partial charge in [-0.1, -0.05) is 0 Å². The lowest BCUT2D eigenvalue weighted by Gasteiger charge is -2.20. The number of benzene rings is 2. The van der Waals surface area contributed by atoms with Crippen molar-refractivity contribution in [1.82, 2.24) is 5.32 Å². The Labute approximate surface area is 156 Å². The summed E-state index contributed by atoms with van der Waals surface area (Å²) in [4.78, 5) is 23.3. The summed E-state index contributed by atoms with van der Waals surface area (Å²) >= 11 is 0. The molecular weight excluding hydrogens is 353 g/mol. The largest absolute Gasteiger partial charge is 0.496 e. The van der Waals surface area contributed by atoms with Crippen LogP contribution in [0, 0.1) is 5.82 Å². The van der Waals surface area contributed by atoms with Gasteiger partial charge in [-0.3, -0.25) is 0 Å². The molecule has 1 amide bonds. The van der Waals surface area contributed by atoms with E-state index in [0.717, 1.165) is 0 Å². The van der Waals surface area contributed by atoms with Gasteiger partial charge in [0.2, 0.25) is 0 Å². The van der Waals surface area contributed by atoms with Gasteiger partial charge in [-0.2, -0.15) is 0 Å². The molecule has 0 bridgehead atoms. The summed E-state index contributed by atoms with van der Waals surface area (Å²) in [5.41, 5.74) is 1.04. The van der Waals surface area contributed by atoms with Crippen LogP contribution >= 0.6 is 0 Å². The van der Waals surface area contributed by atoms with Gasteiger partial charge < -0.3 is 19.9 Å². The van der Waals surface area contributed by atoms with Crippen molar-refractivity contribution < 1.29 is 28.6 Å². The highest BCUT2D eigenvalue weighted by Gasteiger charge is 2.17. The molecule has 0 heterocycles. The molecule has 0 saturated carbocycles. The Morgan fingerprint density at radius 2 is 1.85 bits per heavy atom. The molecule has 2 N–H and O–H groups in total. The van der Waals surface area contributed by atoms with E-state index < -0.39 is 23.5 Å². The highest BCUT2D eigenvalue weighted by molar-refractivity contribution is 5.90. The highest BCUT2D eigenvalue weighted by Crippen LogP contribution is 2.32. The average Bonchev–Trinajstić information content (AvgIpc) is 2.58. The predicted octanol–water partition coefficient (Wildman–Crippen LogP) is 4.22. The molecule has 0 aromatic heterocycles. The zero-order valence-corrected chi connectivity index (χ0v) is 15.6. The third kappa shape index (κ3) is 5.70. The van der Waals surface area contributed by atoms with Gasteiger partial charge in [0, 0.05) is 18.2 Å². The first-order valence-corrected chi connectivity index (χ1v) is 8.27. The number of rotatable bonds is 5. The maximum atomic E-state index is 13.4. The number of nitrogens with one attached hydrogen (secondary N) is 1. The van der Waals surface area contributed by atoms with E-state index >= 15 is 0 Å². The molecular formula is C20H22FNO5. The average molecular weight is 375 g/mol. The molecule has 6 nitrogen and oxygen atoms in total. The van der Waals surface area contributed by atoms with Gasteiger partial charge in [0.25, 0.3) is 0 Å². The Morgan fingerprint density at radius 3 is 2.44 bits per heavy atom. The van der Waals surface area contributed by atoms with Crippen LogP contribution in [-0.4, -0.2) is 29.9 Å². The Hall–Kier alpha value is -3.09. The zero-order valence-electron chi connectivity index (χ0n) is 15.6. The minimum atomic E-state index is -1.11. The van der Waals surface area contributed by atoms with Crippen LogP contribution in [0.4, 0.5) is 9.18 Å². The summed E-state index contributed by atoms with van der Waals surface area (Å²) in [6.45, 7) is 5.32. The predicted molar refractivity (Wildman–Crippen MR) is 98.4 cm³/mol. The number of aromatic carboxylic acids is 1. The van der Waals surface area contributed by atoms with Gasteiger partial charge in [-0.15, -0.1) is 0 Å². The van der Waals surface area contributed by atoms with Crippen molar-refractivity contribution in [2.45, 2.75) is 32.9 Å². The number of amides is 1. The van der Waals surface area contributed by atoms with Crippen molar-refractivity contribution in [2.24, 2.45) is 0 Å². The molecule has 0 spiro atoms. The van der Waals surface area contributed by atoms with Gasteiger partial charge in [-0.25, -0.2) is 14.0 Å². The monoisotopic (exact) mass is 375 g/mol. The zero-order chi connectivity index (χ0) is 20.2. The molecule has 0 aliphatic carbocycles. The van der Waals surface area contributed by atoms with E-state index in [1.54, 1.807) is 26.8 Å². The number of carboxylic acids is 1. The van der Waals surface area contributed by atoms with E-state index in [9.17, 15) is 19.1 Å². The van der Waals surface area contributed by atoms with E-state index in [0.29, 0.717) is 16.7 Å². The number of methoxy groups -OCH3 is 1. The van der Waals surface area contributed by atoms with E-state index in [-0.39, 0.29) is 17.9 Å². The van der Waals surface area contributed by atoms with Crippen molar-refractivity contribution >= 4 is 12.1 Å². The SMILES string of the molecule is COc1cc(F)ccc1-c1cc(CNC(=O)OC(C)(C)C)cc(C(=O)O)c1. The summed E-state index contributed by atoms with van der Waals surface area (Å²) in [5, 5.41) is 12.0. The molecule has 0 aliphatic rings. The van der Waals surface area contributed by atoms with Gasteiger partial charge >= 0.3 is 12.1 Å². The third-order valence-corrected chi connectivity index (χ3v) is 3.55. The normalized spacial score (nSPS) is 11.0. The van der Waals surface area contributed by atoms with E-state index in [1.807, 2.05) is 0 Å². The third-order valence-electron chi connectivity index (χ3n) is 3.55. The second kappa shape index (κ2) is 8.07. The maximum Gasteiger partial charge on any atom is 0.407 e. The van der Waals surface area contributed by atoms with Gasteiger partial charge in [0.1, 0.15) is 17.2 Å². The van der Waals surface area contributed by atoms with Crippen LogP contribution in [0.15, 0.2) is 36.4 Å². The summed E-state index contributed by atoms with van der Waals surface area (Å²) < 4.78 is 23.8. The highest BCUT2D eigenvalue weighted by atomic mass is 19.1. The standard InChI is InChI=1S/C20H22FNO5/c1-20(2,3)27-19(25)22-11-12-7-13(9-14(8-12)18(23)24)16-6-5-15(21)10-17(16)26-4/h5-10H,11H2,1-4H3,(H,22,25)(H,23,24). The smallest absolute Gasteiger partial charge is 0.407 e. The van der Waals surface area contributed by atoms with Crippen LogP contribution in [0.2, 0.25) is 0 Å². The molecule has 0 unspecified atom stereocenters. The number of alkyl carbamates (subject to hydrolysis) is 1. The first kappa shape index (κ1) is 20.2. The van der Waals surface area contributed by atoms with Crippen LogP contribution in [-0.2, 0) is 11.3 Å². The van der Waals surface area contributed by atoms with Crippen molar-refractivity contribution in [2.75, 3.05) is 7.11 Å².